The molecule has 0 spiro atoms. The van der Waals surface area contributed by atoms with E-state index in [1.807, 2.05) is 0 Å². The van der Waals surface area contributed by atoms with Crippen molar-refractivity contribution in [3.05, 3.63) is 29.5 Å². The van der Waals surface area contributed by atoms with Gasteiger partial charge in [-0.15, -0.1) is 10.2 Å². The third-order valence-electron chi connectivity index (χ3n) is 1.99. The van der Waals surface area contributed by atoms with Crippen molar-refractivity contribution < 1.29 is 17.6 Å². The maximum atomic E-state index is 13.3. The number of aromatic nitrogens is 3. The number of aryl methyl sites for hydroxylation is 1. The monoisotopic (exact) mass is 219 g/mol. The average molecular weight is 219 g/mol. The first-order valence-corrected chi connectivity index (χ1v) is 3.98. The van der Waals surface area contributed by atoms with Gasteiger partial charge >= 0.3 is 6.18 Å². The first-order chi connectivity index (χ1) is 6.91. The van der Waals surface area contributed by atoms with E-state index in [1.54, 1.807) is 0 Å². The van der Waals surface area contributed by atoms with Crippen LogP contribution in [0.15, 0.2) is 12.3 Å². The Kier molecular flexibility index (Phi) is 1.92. The zero-order valence-corrected chi connectivity index (χ0v) is 7.51. The Morgan fingerprint density at radius 2 is 1.93 bits per heavy atom. The average Bonchev–Trinajstić information content (AvgIpc) is 2.47. The molecule has 0 aliphatic heterocycles. The van der Waals surface area contributed by atoms with E-state index >= 15 is 0 Å². The van der Waals surface area contributed by atoms with E-state index in [0.717, 1.165) is 10.6 Å². The third-order valence-corrected chi connectivity index (χ3v) is 1.99. The quantitative estimate of drug-likeness (QED) is 0.636. The molecular formula is C8H5F4N3. The van der Waals surface area contributed by atoms with E-state index < -0.39 is 23.2 Å². The van der Waals surface area contributed by atoms with Crippen LogP contribution in [0, 0.1) is 12.7 Å². The molecule has 0 aromatic carbocycles. The van der Waals surface area contributed by atoms with Crippen LogP contribution < -0.4 is 0 Å². The molecule has 0 radical (unpaired) electrons. The van der Waals surface area contributed by atoms with Crippen molar-refractivity contribution >= 4 is 5.65 Å². The first kappa shape index (κ1) is 9.88. The topological polar surface area (TPSA) is 30.2 Å². The second kappa shape index (κ2) is 2.91. The van der Waals surface area contributed by atoms with Gasteiger partial charge in [-0.1, -0.05) is 0 Å². The Labute approximate surface area is 81.3 Å². The highest BCUT2D eigenvalue weighted by Gasteiger charge is 2.35. The van der Waals surface area contributed by atoms with Gasteiger partial charge in [0.15, 0.2) is 11.5 Å². The number of fused-ring (bicyclic) bond motifs is 1. The molecule has 0 unspecified atom stereocenters. The SMILES string of the molecule is Cc1nnc2c(F)c(C(F)(F)F)ccn12. The van der Waals surface area contributed by atoms with Gasteiger partial charge in [0.2, 0.25) is 0 Å². The number of hydrogen-bond acceptors (Lipinski definition) is 2. The molecule has 0 bridgehead atoms. The minimum atomic E-state index is -4.72. The molecule has 80 valence electrons. The van der Waals surface area contributed by atoms with Gasteiger partial charge in [-0.2, -0.15) is 13.2 Å². The summed E-state index contributed by atoms with van der Waals surface area (Å²) in [4.78, 5) is 0. The lowest BCUT2D eigenvalue weighted by Gasteiger charge is -2.07. The lowest BCUT2D eigenvalue weighted by Crippen LogP contribution is -2.09. The highest BCUT2D eigenvalue weighted by atomic mass is 19.4. The van der Waals surface area contributed by atoms with Crippen LogP contribution >= 0.6 is 0 Å². The van der Waals surface area contributed by atoms with Crippen molar-refractivity contribution in [3.8, 4) is 0 Å². The molecule has 7 heteroatoms. The number of nitrogens with zero attached hydrogens (tertiary/aromatic N) is 3. The van der Waals surface area contributed by atoms with Crippen molar-refractivity contribution in [2.24, 2.45) is 0 Å². The van der Waals surface area contributed by atoms with E-state index in [1.165, 1.54) is 6.92 Å². The molecule has 2 rings (SSSR count). The van der Waals surface area contributed by atoms with E-state index in [9.17, 15) is 17.6 Å². The van der Waals surface area contributed by atoms with Gasteiger partial charge in [-0.05, 0) is 13.0 Å². The van der Waals surface area contributed by atoms with Crippen LogP contribution in [-0.2, 0) is 6.18 Å². The number of alkyl halides is 3. The van der Waals surface area contributed by atoms with Crippen LogP contribution in [-0.4, -0.2) is 14.6 Å². The minimum Gasteiger partial charge on any atom is -0.284 e. The smallest absolute Gasteiger partial charge is 0.284 e. The Balaban J connectivity index is 2.77. The highest BCUT2D eigenvalue weighted by molar-refractivity contribution is 5.44. The molecule has 0 N–H and O–H groups in total. The van der Waals surface area contributed by atoms with Crippen LogP contribution in [0.2, 0.25) is 0 Å². The predicted octanol–water partition coefficient (Wildman–Crippen LogP) is 2.20. The standard InChI is InChI=1S/C8H5F4N3/c1-4-13-14-7-6(9)5(8(10,11)12)2-3-15(4)7/h2-3H,1H3. The number of pyridine rings is 1. The van der Waals surface area contributed by atoms with E-state index in [2.05, 4.69) is 10.2 Å². The van der Waals surface area contributed by atoms with Gasteiger partial charge in [0.1, 0.15) is 5.82 Å². The molecule has 0 saturated heterocycles. The fourth-order valence-electron chi connectivity index (χ4n) is 1.26. The number of hydrogen-bond donors (Lipinski definition) is 0. The molecule has 0 amide bonds. The van der Waals surface area contributed by atoms with Gasteiger partial charge in [0.05, 0.1) is 5.56 Å². The van der Waals surface area contributed by atoms with E-state index in [4.69, 9.17) is 0 Å². The van der Waals surface area contributed by atoms with Gasteiger partial charge < -0.3 is 0 Å². The molecule has 0 aliphatic rings. The Hall–Kier alpha value is -1.66. The second-order valence-electron chi connectivity index (χ2n) is 2.98. The van der Waals surface area contributed by atoms with Crippen LogP contribution in [0.1, 0.15) is 11.4 Å². The van der Waals surface area contributed by atoms with Crippen molar-refractivity contribution in [3.63, 3.8) is 0 Å². The minimum absolute atomic E-state index is 0.331. The lowest BCUT2D eigenvalue weighted by atomic mass is 10.2. The summed E-state index contributed by atoms with van der Waals surface area (Å²) < 4.78 is 51.4. The lowest BCUT2D eigenvalue weighted by molar-refractivity contribution is -0.139. The van der Waals surface area contributed by atoms with Gasteiger partial charge in [-0.25, -0.2) is 4.39 Å². The van der Waals surface area contributed by atoms with Gasteiger partial charge in [0.25, 0.3) is 0 Å². The molecule has 0 atom stereocenters. The zero-order valence-electron chi connectivity index (χ0n) is 7.51. The van der Waals surface area contributed by atoms with Crippen molar-refractivity contribution in [2.45, 2.75) is 13.1 Å². The van der Waals surface area contributed by atoms with Crippen LogP contribution in [0.4, 0.5) is 17.6 Å². The Morgan fingerprint density at radius 3 is 2.53 bits per heavy atom. The number of halogens is 4. The molecule has 0 fully saturated rings. The van der Waals surface area contributed by atoms with Crippen LogP contribution in [0.5, 0.6) is 0 Å². The Morgan fingerprint density at radius 1 is 1.27 bits per heavy atom. The van der Waals surface area contributed by atoms with Crippen molar-refractivity contribution in [1.29, 1.82) is 0 Å². The molecule has 0 aliphatic carbocycles. The predicted molar refractivity (Wildman–Crippen MR) is 42.7 cm³/mol. The maximum Gasteiger partial charge on any atom is 0.419 e. The fraction of sp³-hybridized carbons (Fsp3) is 0.250. The van der Waals surface area contributed by atoms with E-state index in [-0.39, 0.29) is 0 Å². The van der Waals surface area contributed by atoms with Crippen LogP contribution in [0.3, 0.4) is 0 Å². The molecule has 2 aromatic heterocycles. The molecule has 3 nitrogen and oxygen atoms in total. The van der Waals surface area contributed by atoms with Gasteiger partial charge in [0, 0.05) is 6.20 Å². The van der Waals surface area contributed by atoms with Gasteiger partial charge in [-0.3, -0.25) is 4.40 Å². The second-order valence-corrected chi connectivity index (χ2v) is 2.98. The summed E-state index contributed by atoms with van der Waals surface area (Å²) in [5, 5.41) is 6.82. The van der Waals surface area contributed by atoms with Crippen molar-refractivity contribution in [2.75, 3.05) is 0 Å². The molecule has 2 heterocycles. The largest absolute Gasteiger partial charge is 0.419 e. The molecular weight excluding hydrogens is 214 g/mol. The summed E-state index contributed by atoms with van der Waals surface area (Å²) in [5.41, 5.74) is -1.75. The normalized spacial score (nSPS) is 12.3. The summed E-state index contributed by atoms with van der Waals surface area (Å²) >= 11 is 0. The molecule has 0 saturated carbocycles. The van der Waals surface area contributed by atoms with Crippen LogP contribution in [0.25, 0.3) is 5.65 Å². The first-order valence-electron chi connectivity index (χ1n) is 3.98. The summed E-state index contributed by atoms with van der Waals surface area (Å²) in [6, 6.07) is 0.665. The third kappa shape index (κ3) is 1.43. The highest BCUT2D eigenvalue weighted by Crippen LogP contribution is 2.32. The molecule has 15 heavy (non-hydrogen) atoms. The van der Waals surface area contributed by atoms with E-state index in [0.29, 0.717) is 11.9 Å². The fourth-order valence-corrected chi connectivity index (χ4v) is 1.26. The Bertz CT molecular complexity index is 514. The molecule has 2 aromatic rings. The zero-order chi connectivity index (χ0) is 11.2. The summed E-state index contributed by atoms with van der Waals surface area (Å²) in [7, 11) is 0. The van der Waals surface area contributed by atoms with Crippen molar-refractivity contribution in [1.82, 2.24) is 14.6 Å². The summed E-state index contributed by atoms with van der Waals surface area (Å²) in [6.07, 6.45) is -3.62. The summed E-state index contributed by atoms with van der Waals surface area (Å²) in [5.74, 6) is -1.07. The maximum absolute atomic E-state index is 13.3. The summed E-state index contributed by atoms with van der Waals surface area (Å²) in [6.45, 7) is 1.52. The number of rotatable bonds is 0.